The molecule has 96 valence electrons. The van der Waals surface area contributed by atoms with E-state index in [1.165, 1.54) is 39.2 Å². The molecule has 0 aromatic heterocycles. The Labute approximate surface area is 99.7 Å². The number of carbonyl (C=O) groups is 1. The molecule has 0 saturated carbocycles. The van der Waals surface area contributed by atoms with Crippen molar-refractivity contribution in [3.63, 3.8) is 0 Å². The molecule has 16 heavy (non-hydrogen) atoms. The fourth-order valence-electron chi connectivity index (χ4n) is 1.78. The number of rotatable bonds is 9. The first-order chi connectivity index (χ1) is 7.54. The Kier molecular flexibility index (Phi) is 8.26. The van der Waals surface area contributed by atoms with Crippen LogP contribution in [-0.2, 0) is 9.53 Å². The van der Waals surface area contributed by atoms with Crippen molar-refractivity contribution in [2.24, 2.45) is 5.73 Å². The van der Waals surface area contributed by atoms with Crippen LogP contribution in [0.15, 0.2) is 0 Å². The van der Waals surface area contributed by atoms with E-state index in [-0.39, 0.29) is 5.97 Å². The Balaban J connectivity index is 3.47. The van der Waals surface area contributed by atoms with Gasteiger partial charge < -0.3 is 10.5 Å². The van der Waals surface area contributed by atoms with Crippen LogP contribution >= 0.6 is 0 Å². The molecule has 0 heterocycles. The van der Waals surface area contributed by atoms with Gasteiger partial charge in [-0.05, 0) is 13.3 Å². The second kappa shape index (κ2) is 8.57. The lowest BCUT2D eigenvalue weighted by molar-refractivity contribution is -0.146. The summed E-state index contributed by atoms with van der Waals surface area (Å²) in [5, 5.41) is 0. The quantitative estimate of drug-likeness (QED) is 0.488. The first-order valence-corrected chi connectivity index (χ1v) is 6.42. The van der Waals surface area contributed by atoms with Crippen molar-refractivity contribution in [3.05, 3.63) is 0 Å². The molecule has 0 aliphatic rings. The van der Waals surface area contributed by atoms with Gasteiger partial charge in [0.15, 0.2) is 0 Å². The number of esters is 1. The molecule has 3 heteroatoms. The molecule has 0 aromatic carbocycles. The second-order valence-corrected chi connectivity index (χ2v) is 4.78. The number of hydrogen-bond acceptors (Lipinski definition) is 3. The van der Waals surface area contributed by atoms with Crippen molar-refractivity contribution in [1.29, 1.82) is 0 Å². The standard InChI is InChI=1S/C13H27NO2/c1-4-5-6-7-8-9-10-11-13(2,14)12(15)16-3/h4-11,14H2,1-3H3. The van der Waals surface area contributed by atoms with Crippen molar-refractivity contribution < 1.29 is 9.53 Å². The second-order valence-electron chi connectivity index (χ2n) is 4.78. The maximum Gasteiger partial charge on any atom is 0.325 e. The normalized spacial score (nSPS) is 14.5. The van der Waals surface area contributed by atoms with Crippen molar-refractivity contribution >= 4 is 5.97 Å². The molecule has 0 spiro atoms. The van der Waals surface area contributed by atoms with Crippen LogP contribution in [0.5, 0.6) is 0 Å². The van der Waals surface area contributed by atoms with Gasteiger partial charge in [-0.3, -0.25) is 4.79 Å². The van der Waals surface area contributed by atoms with Gasteiger partial charge in [-0.15, -0.1) is 0 Å². The average Bonchev–Trinajstić information content (AvgIpc) is 2.26. The smallest absolute Gasteiger partial charge is 0.325 e. The van der Waals surface area contributed by atoms with Gasteiger partial charge in [0.1, 0.15) is 5.54 Å². The molecule has 0 saturated heterocycles. The highest BCUT2D eigenvalue weighted by Crippen LogP contribution is 2.15. The molecule has 3 nitrogen and oxygen atoms in total. The largest absolute Gasteiger partial charge is 0.468 e. The summed E-state index contributed by atoms with van der Waals surface area (Å²) >= 11 is 0. The SMILES string of the molecule is CCCCCCCCCC(C)(N)C(=O)OC. The number of methoxy groups -OCH3 is 1. The van der Waals surface area contributed by atoms with Crippen LogP contribution in [0, 0.1) is 0 Å². The molecular weight excluding hydrogens is 202 g/mol. The van der Waals surface area contributed by atoms with Crippen molar-refractivity contribution in [3.8, 4) is 0 Å². The van der Waals surface area contributed by atoms with Gasteiger partial charge in [0.2, 0.25) is 0 Å². The maximum atomic E-state index is 11.3. The van der Waals surface area contributed by atoms with Crippen molar-refractivity contribution in [2.45, 2.75) is 70.8 Å². The van der Waals surface area contributed by atoms with E-state index in [2.05, 4.69) is 11.7 Å². The Hall–Kier alpha value is -0.570. The topological polar surface area (TPSA) is 52.3 Å². The number of hydrogen-bond donors (Lipinski definition) is 1. The van der Waals surface area contributed by atoms with Crippen LogP contribution in [0.2, 0.25) is 0 Å². The highest BCUT2D eigenvalue weighted by Gasteiger charge is 2.28. The summed E-state index contributed by atoms with van der Waals surface area (Å²) in [6.07, 6.45) is 9.37. The minimum atomic E-state index is -0.807. The Morgan fingerprint density at radius 3 is 2.12 bits per heavy atom. The molecule has 0 aliphatic carbocycles. The van der Waals surface area contributed by atoms with Crippen LogP contribution < -0.4 is 5.73 Å². The minimum absolute atomic E-state index is 0.307. The van der Waals surface area contributed by atoms with E-state index < -0.39 is 5.54 Å². The fourth-order valence-corrected chi connectivity index (χ4v) is 1.78. The predicted molar refractivity (Wildman–Crippen MR) is 67.2 cm³/mol. The molecule has 1 unspecified atom stereocenters. The molecule has 0 amide bonds. The van der Waals surface area contributed by atoms with E-state index >= 15 is 0 Å². The van der Waals surface area contributed by atoms with Gasteiger partial charge in [0.25, 0.3) is 0 Å². The zero-order valence-corrected chi connectivity index (χ0v) is 11.1. The third kappa shape index (κ3) is 6.83. The summed E-state index contributed by atoms with van der Waals surface area (Å²) in [5.74, 6) is -0.307. The Morgan fingerprint density at radius 2 is 1.62 bits per heavy atom. The van der Waals surface area contributed by atoms with Gasteiger partial charge in [-0.1, -0.05) is 51.9 Å². The van der Waals surface area contributed by atoms with E-state index in [1.807, 2.05) is 0 Å². The lowest BCUT2D eigenvalue weighted by Crippen LogP contribution is -2.45. The third-order valence-electron chi connectivity index (χ3n) is 2.95. The third-order valence-corrected chi connectivity index (χ3v) is 2.95. The molecule has 0 aliphatic heterocycles. The van der Waals surface area contributed by atoms with Gasteiger partial charge >= 0.3 is 5.97 Å². The molecule has 0 rings (SSSR count). The first-order valence-electron chi connectivity index (χ1n) is 6.42. The zero-order valence-electron chi connectivity index (χ0n) is 11.1. The van der Waals surface area contributed by atoms with Crippen LogP contribution in [0.25, 0.3) is 0 Å². The molecule has 0 radical (unpaired) electrons. The van der Waals surface area contributed by atoms with Crippen molar-refractivity contribution in [1.82, 2.24) is 0 Å². The molecule has 1 atom stereocenters. The van der Waals surface area contributed by atoms with Crippen LogP contribution in [0.1, 0.15) is 65.2 Å². The molecule has 0 fully saturated rings. The lowest BCUT2D eigenvalue weighted by Gasteiger charge is -2.20. The van der Waals surface area contributed by atoms with Crippen molar-refractivity contribution in [2.75, 3.05) is 7.11 Å². The summed E-state index contributed by atoms with van der Waals surface area (Å²) in [6.45, 7) is 3.96. The number of carbonyl (C=O) groups excluding carboxylic acids is 1. The summed E-state index contributed by atoms with van der Waals surface area (Å²) < 4.78 is 4.66. The number of ether oxygens (including phenoxy) is 1. The van der Waals surface area contributed by atoms with E-state index in [4.69, 9.17) is 5.73 Å². The Morgan fingerprint density at radius 1 is 1.12 bits per heavy atom. The zero-order chi connectivity index (χ0) is 12.4. The van der Waals surface area contributed by atoms with E-state index in [0.29, 0.717) is 6.42 Å². The highest BCUT2D eigenvalue weighted by atomic mass is 16.5. The minimum Gasteiger partial charge on any atom is -0.468 e. The van der Waals surface area contributed by atoms with E-state index in [0.717, 1.165) is 12.8 Å². The van der Waals surface area contributed by atoms with E-state index in [1.54, 1.807) is 6.92 Å². The highest BCUT2D eigenvalue weighted by molar-refractivity contribution is 5.79. The van der Waals surface area contributed by atoms with Crippen LogP contribution in [-0.4, -0.2) is 18.6 Å². The summed E-state index contributed by atoms with van der Waals surface area (Å²) in [7, 11) is 1.39. The maximum absolute atomic E-state index is 11.3. The van der Waals surface area contributed by atoms with Gasteiger partial charge in [0, 0.05) is 0 Å². The Bertz CT molecular complexity index is 190. The summed E-state index contributed by atoms with van der Waals surface area (Å²) in [5.41, 5.74) is 5.05. The fraction of sp³-hybridized carbons (Fsp3) is 0.923. The lowest BCUT2D eigenvalue weighted by atomic mass is 9.95. The molecule has 0 bridgehead atoms. The van der Waals surface area contributed by atoms with Gasteiger partial charge in [-0.2, -0.15) is 0 Å². The predicted octanol–water partition coefficient (Wildman–Crippen LogP) is 3.02. The number of unbranched alkanes of at least 4 members (excludes halogenated alkanes) is 6. The molecule has 0 aromatic rings. The average molecular weight is 229 g/mol. The monoisotopic (exact) mass is 229 g/mol. The van der Waals surface area contributed by atoms with Gasteiger partial charge in [-0.25, -0.2) is 0 Å². The van der Waals surface area contributed by atoms with Gasteiger partial charge in [0.05, 0.1) is 7.11 Å². The summed E-state index contributed by atoms with van der Waals surface area (Å²) in [4.78, 5) is 11.3. The van der Waals surface area contributed by atoms with Crippen LogP contribution in [0.3, 0.4) is 0 Å². The molecular formula is C13H27NO2. The first kappa shape index (κ1) is 15.4. The number of nitrogens with two attached hydrogens (primary N) is 1. The van der Waals surface area contributed by atoms with Crippen LogP contribution in [0.4, 0.5) is 0 Å². The van der Waals surface area contributed by atoms with E-state index in [9.17, 15) is 4.79 Å². The summed E-state index contributed by atoms with van der Waals surface area (Å²) in [6, 6.07) is 0. The molecule has 2 N–H and O–H groups in total.